The van der Waals surface area contributed by atoms with Gasteiger partial charge in [-0.05, 0) is 31.2 Å². The molecule has 8 nitrogen and oxygen atoms in total. The Kier molecular flexibility index (Phi) is 5.79. The molecule has 5 atom stereocenters. The molecular formula is C15H23NO7. The van der Waals surface area contributed by atoms with Crippen LogP contribution in [0, 0.1) is 0 Å². The molecule has 1 heterocycles. The number of phenols is 2. The molecule has 23 heavy (non-hydrogen) atoms. The fourth-order valence-corrected chi connectivity index (χ4v) is 2.60. The summed E-state index contributed by atoms with van der Waals surface area (Å²) in [4.78, 5) is 1.65. The summed E-state index contributed by atoms with van der Waals surface area (Å²) >= 11 is 0. The van der Waals surface area contributed by atoms with E-state index in [1.54, 1.807) is 18.0 Å². The lowest BCUT2D eigenvalue weighted by molar-refractivity contribution is -0.261. The van der Waals surface area contributed by atoms with Crippen molar-refractivity contribution in [2.24, 2.45) is 0 Å². The molecule has 1 aromatic rings. The number of benzene rings is 1. The smallest absolute Gasteiger partial charge is 0.157 e. The van der Waals surface area contributed by atoms with Crippen molar-refractivity contribution in [3.8, 4) is 11.5 Å². The predicted octanol–water partition coefficient (Wildman–Crippen LogP) is -1.63. The third-order valence-corrected chi connectivity index (χ3v) is 4.09. The van der Waals surface area contributed by atoms with Gasteiger partial charge in [-0.3, -0.25) is 4.90 Å². The summed E-state index contributed by atoms with van der Waals surface area (Å²) in [5.41, 5.74) is 0.775. The molecule has 6 N–H and O–H groups in total. The Hall–Kier alpha value is -1.42. The van der Waals surface area contributed by atoms with E-state index in [1.165, 1.54) is 12.1 Å². The maximum Gasteiger partial charge on any atom is 0.157 e. The fourth-order valence-electron chi connectivity index (χ4n) is 2.60. The minimum Gasteiger partial charge on any atom is -0.504 e. The van der Waals surface area contributed by atoms with Gasteiger partial charge in [-0.2, -0.15) is 0 Å². The highest BCUT2D eigenvalue weighted by Crippen LogP contribution is 2.26. The van der Waals surface area contributed by atoms with Crippen molar-refractivity contribution in [2.75, 3.05) is 20.2 Å². The quantitative estimate of drug-likeness (QED) is 0.355. The largest absolute Gasteiger partial charge is 0.504 e. The summed E-state index contributed by atoms with van der Waals surface area (Å²) in [5.74, 6) is -0.408. The monoisotopic (exact) mass is 329 g/mol. The van der Waals surface area contributed by atoms with Crippen LogP contribution in [0.5, 0.6) is 11.5 Å². The van der Waals surface area contributed by atoms with Crippen molar-refractivity contribution < 1.29 is 35.4 Å². The standard InChI is InChI=1S/C15H23NO7/c1-16(5-4-8-2-3-9(18)10(19)6-8)15-14(22)13(21)12(20)11(7-17)23-15/h2-3,6,11-15,17-22H,4-5,7H2,1H3/t11-,12-,13+,14-,15?/m1/s1. The van der Waals surface area contributed by atoms with Gasteiger partial charge >= 0.3 is 0 Å². The third kappa shape index (κ3) is 3.92. The summed E-state index contributed by atoms with van der Waals surface area (Å²) in [7, 11) is 1.67. The van der Waals surface area contributed by atoms with Gasteiger partial charge in [0, 0.05) is 6.54 Å². The number of aromatic hydroxyl groups is 2. The van der Waals surface area contributed by atoms with E-state index in [4.69, 9.17) is 4.74 Å². The second-order valence-corrected chi connectivity index (χ2v) is 5.77. The van der Waals surface area contributed by atoms with E-state index < -0.39 is 37.3 Å². The van der Waals surface area contributed by atoms with Crippen LogP contribution < -0.4 is 0 Å². The summed E-state index contributed by atoms with van der Waals surface area (Å²) in [6.45, 7) is -0.0476. The number of hydrogen-bond acceptors (Lipinski definition) is 8. The van der Waals surface area contributed by atoms with E-state index in [1.807, 2.05) is 0 Å². The molecule has 0 aromatic heterocycles. The molecule has 0 spiro atoms. The Morgan fingerprint density at radius 1 is 1.04 bits per heavy atom. The second-order valence-electron chi connectivity index (χ2n) is 5.77. The van der Waals surface area contributed by atoms with Crippen LogP contribution in [0.3, 0.4) is 0 Å². The van der Waals surface area contributed by atoms with Crippen LogP contribution in [0.15, 0.2) is 18.2 Å². The van der Waals surface area contributed by atoms with Gasteiger partial charge in [0.2, 0.25) is 0 Å². The Labute approximate surface area is 133 Å². The summed E-state index contributed by atoms with van der Waals surface area (Å²) in [5, 5.41) is 57.5. The topological polar surface area (TPSA) is 134 Å². The maximum absolute atomic E-state index is 10.0. The molecule has 0 amide bonds. The molecule has 1 aliphatic rings. The first-order valence-corrected chi connectivity index (χ1v) is 7.36. The van der Waals surface area contributed by atoms with Crippen LogP contribution in [0.25, 0.3) is 0 Å². The van der Waals surface area contributed by atoms with Crippen molar-refractivity contribution in [3.05, 3.63) is 23.8 Å². The van der Waals surface area contributed by atoms with Gasteiger partial charge in [-0.25, -0.2) is 0 Å². The SMILES string of the molecule is CN(CCc1ccc(O)c(O)c1)C1O[C@H](CO)[C@@H](O)[C@H](O)[C@H]1O. The first-order valence-electron chi connectivity index (χ1n) is 7.36. The molecule has 1 aromatic carbocycles. The van der Waals surface area contributed by atoms with Crippen molar-refractivity contribution in [2.45, 2.75) is 37.1 Å². The molecule has 0 bridgehead atoms. The van der Waals surface area contributed by atoms with Crippen molar-refractivity contribution >= 4 is 0 Å². The first-order chi connectivity index (χ1) is 10.8. The van der Waals surface area contributed by atoms with E-state index in [2.05, 4.69) is 0 Å². The highest BCUT2D eigenvalue weighted by atomic mass is 16.6. The molecular weight excluding hydrogens is 306 g/mol. The fraction of sp³-hybridized carbons (Fsp3) is 0.600. The van der Waals surface area contributed by atoms with Crippen LogP contribution in [0.1, 0.15) is 5.56 Å². The Morgan fingerprint density at radius 2 is 1.74 bits per heavy atom. The predicted molar refractivity (Wildman–Crippen MR) is 79.9 cm³/mol. The molecule has 2 rings (SSSR count). The number of aliphatic hydroxyl groups is 4. The molecule has 0 radical (unpaired) electrons. The highest BCUT2D eigenvalue weighted by molar-refractivity contribution is 5.40. The Morgan fingerprint density at radius 3 is 2.35 bits per heavy atom. The number of ether oxygens (including phenoxy) is 1. The van der Waals surface area contributed by atoms with Gasteiger partial charge in [-0.15, -0.1) is 0 Å². The van der Waals surface area contributed by atoms with Gasteiger partial charge < -0.3 is 35.4 Å². The van der Waals surface area contributed by atoms with Crippen LogP contribution >= 0.6 is 0 Å². The zero-order valence-corrected chi connectivity index (χ0v) is 12.8. The minimum absolute atomic E-state index is 0.198. The van der Waals surface area contributed by atoms with Gasteiger partial charge in [-0.1, -0.05) is 6.07 Å². The molecule has 0 aliphatic carbocycles. The van der Waals surface area contributed by atoms with Crippen molar-refractivity contribution in [3.63, 3.8) is 0 Å². The lowest BCUT2D eigenvalue weighted by Crippen LogP contribution is -2.62. The van der Waals surface area contributed by atoms with E-state index >= 15 is 0 Å². The molecule has 8 heteroatoms. The normalized spacial score (nSPS) is 31.5. The van der Waals surface area contributed by atoms with Gasteiger partial charge in [0.1, 0.15) is 30.6 Å². The molecule has 1 aliphatic heterocycles. The number of phenolic OH excluding ortho intramolecular Hbond substituents is 2. The lowest BCUT2D eigenvalue weighted by atomic mass is 9.97. The van der Waals surface area contributed by atoms with Gasteiger partial charge in [0.25, 0.3) is 0 Å². The average molecular weight is 329 g/mol. The molecule has 1 fully saturated rings. The van der Waals surface area contributed by atoms with E-state index in [9.17, 15) is 30.6 Å². The third-order valence-electron chi connectivity index (χ3n) is 4.09. The number of nitrogens with zero attached hydrogens (tertiary/aromatic N) is 1. The lowest BCUT2D eigenvalue weighted by Gasteiger charge is -2.43. The van der Waals surface area contributed by atoms with E-state index in [-0.39, 0.29) is 11.5 Å². The van der Waals surface area contributed by atoms with Crippen LogP contribution in [-0.2, 0) is 11.2 Å². The molecule has 1 saturated heterocycles. The minimum atomic E-state index is -1.41. The summed E-state index contributed by atoms with van der Waals surface area (Å²) in [6.07, 6.45) is -5.43. The van der Waals surface area contributed by atoms with Gasteiger partial charge in [0.15, 0.2) is 11.5 Å². The van der Waals surface area contributed by atoms with E-state index in [0.29, 0.717) is 13.0 Å². The van der Waals surface area contributed by atoms with Crippen molar-refractivity contribution in [1.82, 2.24) is 4.90 Å². The Balaban J connectivity index is 1.98. The zero-order chi connectivity index (χ0) is 17.1. The molecule has 0 saturated carbocycles. The van der Waals surface area contributed by atoms with Crippen molar-refractivity contribution in [1.29, 1.82) is 0 Å². The summed E-state index contributed by atoms with van der Waals surface area (Å²) < 4.78 is 5.45. The molecule has 130 valence electrons. The number of aliphatic hydroxyl groups excluding tert-OH is 4. The van der Waals surface area contributed by atoms with Crippen LogP contribution in [0.2, 0.25) is 0 Å². The van der Waals surface area contributed by atoms with Gasteiger partial charge in [0.05, 0.1) is 6.61 Å². The Bertz CT molecular complexity index is 525. The number of rotatable bonds is 5. The summed E-state index contributed by atoms with van der Waals surface area (Å²) in [6, 6.07) is 4.49. The van der Waals surface area contributed by atoms with Crippen LogP contribution in [-0.4, -0.2) is 86.4 Å². The average Bonchev–Trinajstić information content (AvgIpc) is 2.54. The second kappa shape index (κ2) is 7.43. The highest BCUT2D eigenvalue weighted by Gasteiger charge is 2.44. The maximum atomic E-state index is 10.0. The number of hydrogen-bond donors (Lipinski definition) is 6. The number of likely N-dealkylation sites (N-methyl/N-ethyl adjacent to an activating group) is 1. The molecule has 1 unspecified atom stereocenters. The zero-order valence-electron chi connectivity index (χ0n) is 12.8. The van der Waals surface area contributed by atoms with Crippen LogP contribution in [0.4, 0.5) is 0 Å². The first kappa shape index (κ1) is 17.9. The van der Waals surface area contributed by atoms with E-state index in [0.717, 1.165) is 5.56 Å².